The summed E-state index contributed by atoms with van der Waals surface area (Å²) in [4.78, 5) is 16.4. The number of hydrogen-bond acceptors (Lipinski definition) is 3. The molecule has 1 rings (SSSR count). The Morgan fingerprint density at radius 2 is 1.90 bits per heavy atom. The van der Waals surface area contributed by atoms with Crippen LogP contribution in [-0.4, -0.2) is 62.5 Å². The van der Waals surface area contributed by atoms with Crippen molar-refractivity contribution in [3.63, 3.8) is 0 Å². The van der Waals surface area contributed by atoms with E-state index in [1.165, 1.54) is 38.8 Å². The van der Waals surface area contributed by atoms with Crippen LogP contribution in [0.3, 0.4) is 0 Å². The van der Waals surface area contributed by atoms with Crippen molar-refractivity contribution < 1.29 is 4.79 Å². The summed E-state index contributed by atoms with van der Waals surface area (Å²) in [6.45, 7) is 7.33. The maximum absolute atomic E-state index is 11.9. The molecular weight excluding hydrogens is 309 g/mol. The molecule has 128 valence electrons. The smallest absolute Gasteiger partial charge is 0.223 e. The van der Waals surface area contributed by atoms with Crippen LogP contribution in [0.1, 0.15) is 39.0 Å². The maximum atomic E-state index is 11.9. The van der Waals surface area contributed by atoms with Gasteiger partial charge < -0.3 is 15.1 Å². The highest BCUT2D eigenvalue weighted by atomic mass is 35.5. The fraction of sp³-hybridized carbons (Fsp3) is 0.933. The second kappa shape index (κ2) is 13.6. The van der Waals surface area contributed by atoms with Gasteiger partial charge in [0.2, 0.25) is 5.91 Å². The van der Waals surface area contributed by atoms with E-state index in [1.807, 2.05) is 11.9 Å². The van der Waals surface area contributed by atoms with E-state index in [4.69, 9.17) is 0 Å². The lowest BCUT2D eigenvalue weighted by atomic mass is 9.96. The first-order chi connectivity index (χ1) is 9.17. The number of rotatable bonds is 8. The van der Waals surface area contributed by atoms with Crippen molar-refractivity contribution in [3.8, 4) is 0 Å². The van der Waals surface area contributed by atoms with E-state index in [0.717, 1.165) is 25.6 Å². The first-order valence-corrected chi connectivity index (χ1v) is 7.78. The van der Waals surface area contributed by atoms with E-state index in [9.17, 15) is 4.79 Å². The Morgan fingerprint density at radius 3 is 2.43 bits per heavy atom. The fourth-order valence-electron chi connectivity index (χ4n) is 2.72. The maximum Gasteiger partial charge on any atom is 0.223 e. The number of nitrogens with one attached hydrogen (secondary N) is 1. The zero-order valence-electron chi connectivity index (χ0n) is 13.8. The van der Waals surface area contributed by atoms with Gasteiger partial charge in [-0.3, -0.25) is 4.79 Å². The molecule has 0 saturated carbocycles. The van der Waals surface area contributed by atoms with Gasteiger partial charge in [0.1, 0.15) is 0 Å². The van der Waals surface area contributed by atoms with Crippen molar-refractivity contribution in [2.45, 2.75) is 39.0 Å². The van der Waals surface area contributed by atoms with Crippen LogP contribution in [0.4, 0.5) is 0 Å². The van der Waals surface area contributed by atoms with Crippen molar-refractivity contribution >= 4 is 30.7 Å². The van der Waals surface area contributed by atoms with Gasteiger partial charge in [-0.2, -0.15) is 0 Å². The number of nitrogens with zero attached hydrogens (tertiary/aromatic N) is 2. The van der Waals surface area contributed by atoms with Gasteiger partial charge in [0.25, 0.3) is 0 Å². The molecule has 0 aromatic carbocycles. The SMILES string of the molecule is CCCCN(C)CC1CCN(C(=O)CCNC)CC1.Cl.Cl. The van der Waals surface area contributed by atoms with E-state index in [1.54, 1.807) is 0 Å². The molecular formula is C15H33Cl2N3O. The Bertz CT molecular complexity index is 259. The number of hydrogen-bond donors (Lipinski definition) is 1. The van der Waals surface area contributed by atoms with E-state index in [-0.39, 0.29) is 24.8 Å². The van der Waals surface area contributed by atoms with Gasteiger partial charge >= 0.3 is 0 Å². The average Bonchev–Trinajstić information content (AvgIpc) is 2.43. The van der Waals surface area contributed by atoms with Crippen LogP contribution in [-0.2, 0) is 4.79 Å². The number of amides is 1. The minimum atomic E-state index is 0. The van der Waals surface area contributed by atoms with Crippen LogP contribution in [0.25, 0.3) is 0 Å². The van der Waals surface area contributed by atoms with E-state index < -0.39 is 0 Å². The van der Waals surface area contributed by atoms with Gasteiger partial charge in [-0.15, -0.1) is 24.8 Å². The van der Waals surface area contributed by atoms with Crippen molar-refractivity contribution in [3.05, 3.63) is 0 Å². The molecule has 4 nitrogen and oxygen atoms in total. The first kappa shape index (κ1) is 23.2. The number of carbonyl (C=O) groups excluding carboxylic acids is 1. The summed E-state index contributed by atoms with van der Waals surface area (Å²) in [5.41, 5.74) is 0. The van der Waals surface area contributed by atoms with E-state index in [0.29, 0.717) is 12.3 Å². The van der Waals surface area contributed by atoms with Gasteiger partial charge in [-0.25, -0.2) is 0 Å². The lowest BCUT2D eigenvalue weighted by Crippen LogP contribution is -2.41. The minimum absolute atomic E-state index is 0. The normalized spacial score (nSPS) is 15.5. The summed E-state index contributed by atoms with van der Waals surface area (Å²) < 4.78 is 0. The van der Waals surface area contributed by atoms with Gasteiger partial charge in [-0.05, 0) is 45.8 Å². The van der Waals surface area contributed by atoms with E-state index in [2.05, 4.69) is 24.2 Å². The third-order valence-electron chi connectivity index (χ3n) is 4.02. The van der Waals surface area contributed by atoms with Crippen molar-refractivity contribution in [2.24, 2.45) is 5.92 Å². The summed E-state index contributed by atoms with van der Waals surface area (Å²) in [6, 6.07) is 0. The lowest BCUT2D eigenvalue weighted by molar-refractivity contribution is -0.132. The van der Waals surface area contributed by atoms with Crippen molar-refractivity contribution in [2.75, 3.05) is 46.8 Å². The topological polar surface area (TPSA) is 35.6 Å². The Kier molecular flexibility index (Phi) is 15.1. The Hall–Kier alpha value is -0.0300. The molecule has 1 aliphatic rings. The number of piperidine rings is 1. The van der Waals surface area contributed by atoms with Crippen LogP contribution in [0.2, 0.25) is 0 Å². The molecule has 0 aliphatic carbocycles. The van der Waals surface area contributed by atoms with Crippen LogP contribution in [0.15, 0.2) is 0 Å². The molecule has 1 aliphatic heterocycles. The summed E-state index contributed by atoms with van der Waals surface area (Å²) in [5.74, 6) is 1.09. The average molecular weight is 342 g/mol. The first-order valence-electron chi connectivity index (χ1n) is 7.78. The molecule has 1 amide bonds. The van der Waals surface area contributed by atoms with Crippen molar-refractivity contribution in [1.82, 2.24) is 15.1 Å². The van der Waals surface area contributed by atoms with Crippen LogP contribution >= 0.6 is 24.8 Å². The summed E-state index contributed by atoms with van der Waals surface area (Å²) >= 11 is 0. The number of halogens is 2. The quantitative estimate of drug-likeness (QED) is 0.736. The predicted molar refractivity (Wildman–Crippen MR) is 94.7 cm³/mol. The Balaban J connectivity index is 0. The zero-order valence-corrected chi connectivity index (χ0v) is 15.4. The third kappa shape index (κ3) is 9.56. The predicted octanol–water partition coefficient (Wildman–Crippen LogP) is 2.41. The molecule has 0 bridgehead atoms. The van der Waals surface area contributed by atoms with E-state index >= 15 is 0 Å². The molecule has 1 saturated heterocycles. The number of carbonyl (C=O) groups is 1. The monoisotopic (exact) mass is 341 g/mol. The molecule has 6 heteroatoms. The van der Waals surface area contributed by atoms with Gasteiger partial charge in [0, 0.05) is 32.6 Å². The highest BCUT2D eigenvalue weighted by Gasteiger charge is 2.22. The third-order valence-corrected chi connectivity index (χ3v) is 4.02. The molecule has 0 aromatic heterocycles. The molecule has 0 radical (unpaired) electrons. The Morgan fingerprint density at radius 1 is 1.29 bits per heavy atom. The standard InChI is InChI=1S/C15H31N3O.2ClH/c1-4-5-10-17(3)13-14-7-11-18(12-8-14)15(19)6-9-16-2;;/h14,16H,4-13H2,1-3H3;2*1H. The highest BCUT2D eigenvalue weighted by molar-refractivity contribution is 5.85. The van der Waals surface area contributed by atoms with Crippen molar-refractivity contribution in [1.29, 1.82) is 0 Å². The summed E-state index contributed by atoms with van der Waals surface area (Å²) in [5, 5.41) is 3.04. The van der Waals surface area contributed by atoms with Gasteiger partial charge in [0.15, 0.2) is 0 Å². The molecule has 0 aromatic rings. The van der Waals surface area contributed by atoms with Crippen LogP contribution in [0, 0.1) is 5.92 Å². The largest absolute Gasteiger partial charge is 0.343 e. The minimum Gasteiger partial charge on any atom is -0.343 e. The zero-order chi connectivity index (χ0) is 14.1. The molecule has 0 unspecified atom stereocenters. The molecule has 1 fully saturated rings. The van der Waals surface area contributed by atoms with Crippen LogP contribution in [0.5, 0.6) is 0 Å². The van der Waals surface area contributed by atoms with Gasteiger partial charge in [-0.1, -0.05) is 13.3 Å². The molecule has 1 heterocycles. The highest BCUT2D eigenvalue weighted by Crippen LogP contribution is 2.18. The number of likely N-dealkylation sites (tertiary alicyclic amines) is 1. The summed E-state index contributed by atoms with van der Waals surface area (Å²) in [7, 11) is 4.12. The summed E-state index contributed by atoms with van der Waals surface area (Å²) in [6.07, 6.45) is 5.53. The lowest BCUT2D eigenvalue weighted by Gasteiger charge is -2.34. The van der Waals surface area contributed by atoms with Crippen LogP contribution < -0.4 is 5.32 Å². The Labute approximate surface area is 142 Å². The molecule has 0 atom stereocenters. The molecule has 1 N–H and O–H groups in total. The van der Waals surface area contributed by atoms with Gasteiger partial charge in [0.05, 0.1) is 0 Å². The number of unbranched alkanes of at least 4 members (excludes halogenated alkanes) is 1. The second-order valence-electron chi connectivity index (χ2n) is 5.79. The molecule has 0 spiro atoms. The molecule has 21 heavy (non-hydrogen) atoms. The second-order valence-corrected chi connectivity index (χ2v) is 5.79. The fourth-order valence-corrected chi connectivity index (χ4v) is 2.72.